The molecule has 0 spiro atoms. The van der Waals surface area contributed by atoms with Crippen molar-refractivity contribution in [3.05, 3.63) is 0 Å². The number of nitrogens with one attached hydrogen (secondary N) is 2. The number of hydrogen-bond acceptors (Lipinski definition) is 8. The van der Waals surface area contributed by atoms with E-state index in [1.807, 2.05) is 0 Å². The van der Waals surface area contributed by atoms with Crippen molar-refractivity contribution in [3.8, 4) is 0 Å². The van der Waals surface area contributed by atoms with Gasteiger partial charge < -0.3 is 37.2 Å². The third kappa shape index (κ3) is 8.34. The van der Waals surface area contributed by atoms with Crippen LogP contribution in [-0.4, -0.2) is 87.8 Å². The first-order valence-electron chi connectivity index (χ1n) is 10.0. The van der Waals surface area contributed by atoms with Crippen molar-refractivity contribution >= 4 is 42.3 Å². The Labute approximate surface area is 185 Å². The monoisotopic (exact) mass is 461 g/mol. The van der Waals surface area contributed by atoms with Crippen LogP contribution >= 0.6 is 12.6 Å². The molecule has 1 heterocycles. The van der Waals surface area contributed by atoms with Gasteiger partial charge in [-0.05, 0) is 38.6 Å². The molecule has 0 aromatic rings. The summed E-state index contributed by atoms with van der Waals surface area (Å²) in [5, 5.41) is 23.3. The van der Waals surface area contributed by atoms with Gasteiger partial charge in [-0.2, -0.15) is 12.6 Å². The van der Waals surface area contributed by atoms with Crippen LogP contribution in [-0.2, 0) is 24.0 Å². The minimum absolute atomic E-state index is 0.0502. The molecule has 4 unspecified atom stereocenters. The molecule has 31 heavy (non-hydrogen) atoms. The molecule has 0 bridgehead atoms. The Hall–Kier alpha value is -2.38. The summed E-state index contributed by atoms with van der Waals surface area (Å²) in [7, 11) is 0. The SMILES string of the molecule is NCCCCC(NC(=O)C(N)CS)C(=O)NC(CC(=O)O)C(=O)N1CCCC1C(=O)O. The molecular weight excluding hydrogens is 430 g/mol. The number of amides is 3. The second kappa shape index (κ2) is 13.1. The lowest BCUT2D eigenvalue weighted by Crippen LogP contribution is -2.57. The Bertz CT molecular complexity index is 678. The van der Waals surface area contributed by atoms with E-state index in [1.54, 1.807) is 0 Å². The summed E-state index contributed by atoms with van der Waals surface area (Å²) in [6, 6.07) is -4.57. The van der Waals surface area contributed by atoms with Crippen LogP contribution in [0.25, 0.3) is 0 Å². The number of carboxylic acid groups (broad SMARTS) is 2. The van der Waals surface area contributed by atoms with E-state index in [0.29, 0.717) is 25.8 Å². The summed E-state index contributed by atoms with van der Waals surface area (Å²) in [5.74, 6) is -4.66. The van der Waals surface area contributed by atoms with Gasteiger partial charge in [0.15, 0.2) is 0 Å². The van der Waals surface area contributed by atoms with Gasteiger partial charge in [-0.3, -0.25) is 19.2 Å². The molecular formula is C18H31N5O7S. The van der Waals surface area contributed by atoms with Gasteiger partial charge in [0.25, 0.3) is 0 Å². The van der Waals surface area contributed by atoms with Crippen molar-refractivity contribution < 1.29 is 34.2 Å². The summed E-state index contributed by atoms with van der Waals surface area (Å²) in [6.07, 6.45) is 1.25. The molecule has 4 atom stereocenters. The van der Waals surface area contributed by atoms with Crippen LogP contribution in [0.3, 0.4) is 0 Å². The number of carboxylic acids is 2. The number of likely N-dealkylation sites (tertiary alicyclic amines) is 1. The van der Waals surface area contributed by atoms with Crippen LogP contribution in [0.1, 0.15) is 38.5 Å². The van der Waals surface area contributed by atoms with Gasteiger partial charge in [0.1, 0.15) is 18.1 Å². The van der Waals surface area contributed by atoms with Crippen molar-refractivity contribution in [2.24, 2.45) is 11.5 Å². The fourth-order valence-electron chi connectivity index (χ4n) is 3.26. The van der Waals surface area contributed by atoms with Gasteiger partial charge in [0.05, 0.1) is 12.5 Å². The molecule has 0 aliphatic carbocycles. The third-order valence-corrected chi connectivity index (χ3v) is 5.32. The predicted octanol–water partition coefficient (Wildman–Crippen LogP) is -2.11. The van der Waals surface area contributed by atoms with Gasteiger partial charge in [0, 0.05) is 12.3 Å². The first-order chi connectivity index (χ1) is 14.6. The van der Waals surface area contributed by atoms with Gasteiger partial charge in [-0.1, -0.05) is 0 Å². The highest BCUT2D eigenvalue weighted by molar-refractivity contribution is 7.80. The van der Waals surface area contributed by atoms with Crippen LogP contribution < -0.4 is 22.1 Å². The molecule has 0 radical (unpaired) electrons. The largest absolute Gasteiger partial charge is 0.481 e. The molecule has 0 aromatic heterocycles. The molecule has 1 fully saturated rings. The lowest BCUT2D eigenvalue weighted by molar-refractivity contribution is -0.150. The summed E-state index contributed by atoms with van der Waals surface area (Å²) in [6.45, 7) is 0.527. The van der Waals surface area contributed by atoms with Crippen molar-refractivity contribution in [2.45, 2.75) is 62.7 Å². The average molecular weight is 462 g/mol. The lowest BCUT2D eigenvalue weighted by Gasteiger charge is -2.28. The number of unbranched alkanes of at least 4 members (excludes halogenated alkanes) is 1. The van der Waals surface area contributed by atoms with E-state index >= 15 is 0 Å². The number of carbonyl (C=O) groups is 5. The molecule has 176 valence electrons. The molecule has 0 aromatic carbocycles. The number of rotatable bonds is 13. The second-order valence-corrected chi connectivity index (χ2v) is 7.69. The molecule has 12 nitrogen and oxygen atoms in total. The van der Waals surface area contributed by atoms with Gasteiger partial charge in [-0.25, -0.2) is 4.79 Å². The van der Waals surface area contributed by atoms with Crippen LogP contribution in [0.4, 0.5) is 0 Å². The van der Waals surface area contributed by atoms with Crippen LogP contribution in [0.2, 0.25) is 0 Å². The van der Waals surface area contributed by atoms with Gasteiger partial charge in [-0.15, -0.1) is 0 Å². The maximum Gasteiger partial charge on any atom is 0.326 e. The Balaban J connectivity index is 2.98. The summed E-state index contributed by atoms with van der Waals surface area (Å²) in [5.41, 5.74) is 11.1. The second-order valence-electron chi connectivity index (χ2n) is 7.32. The summed E-state index contributed by atoms with van der Waals surface area (Å²) < 4.78 is 0. The summed E-state index contributed by atoms with van der Waals surface area (Å²) >= 11 is 3.94. The fourth-order valence-corrected chi connectivity index (χ4v) is 3.42. The molecule has 1 saturated heterocycles. The zero-order valence-corrected chi connectivity index (χ0v) is 18.1. The van der Waals surface area contributed by atoms with E-state index in [0.717, 1.165) is 4.90 Å². The number of nitrogens with zero attached hydrogens (tertiary/aromatic N) is 1. The third-order valence-electron chi connectivity index (χ3n) is 4.93. The van der Waals surface area contributed by atoms with E-state index in [2.05, 4.69) is 23.3 Å². The number of thiol groups is 1. The zero-order valence-electron chi connectivity index (χ0n) is 17.2. The van der Waals surface area contributed by atoms with Gasteiger partial charge in [0.2, 0.25) is 17.7 Å². The van der Waals surface area contributed by atoms with E-state index in [1.165, 1.54) is 0 Å². The highest BCUT2D eigenvalue weighted by atomic mass is 32.1. The minimum atomic E-state index is -1.47. The topological polar surface area (TPSA) is 205 Å². The Kier molecular flexibility index (Phi) is 11.3. The van der Waals surface area contributed by atoms with E-state index in [9.17, 15) is 34.2 Å². The van der Waals surface area contributed by atoms with E-state index in [-0.39, 0.29) is 25.1 Å². The fraction of sp³-hybridized carbons (Fsp3) is 0.722. The van der Waals surface area contributed by atoms with Crippen LogP contribution in [0.15, 0.2) is 0 Å². The molecule has 1 aliphatic rings. The minimum Gasteiger partial charge on any atom is -0.481 e. The molecule has 8 N–H and O–H groups in total. The number of carbonyl (C=O) groups excluding carboxylic acids is 3. The summed E-state index contributed by atoms with van der Waals surface area (Å²) in [4.78, 5) is 61.5. The number of aliphatic carboxylic acids is 2. The van der Waals surface area contributed by atoms with Crippen molar-refractivity contribution in [2.75, 3.05) is 18.8 Å². The van der Waals surface area contributed by atoms with E-state index in [4.69, 9.17) is 11.5 Å². The quantitative estimate of drug-likeness (QED) is 0.118. The Morgan fingerprint density at radius 1 is 1.06 bits per heavy atom. The predicted molar refractivity (Wildman–Crippen MR) is 113 cm³/mol. The number of nitrogens with two attached hydrogens (primary N) is 2. The molecule has 1 aliphatic heterocycles. The molecule has 1 rings (SSSR count). The Morgan fingerprint density at radius 2 is 1.71 bits per heavy atom. The van der Waals surface area contributed by atoms with Crippen molar-refractivity contribution in [1.82, 2.24) is 15.5 Å². The maximum atomic E-state index is 12.8. The van der Waals surface area contributed by atoms with Crippen LogP contribution in [0, 0.1) is 0 Å². The van der Waals surface area contributed by atoms with E-state index < -0.39 is 60.2 Å². The maximum absolute atomic E-state index is 12.8. The standard InChI is InChI=1S/C18H31N5O7S/c19-6-2-1-4-11(21-15(26)10(20)9-31)16(27)22-12(8-14(24)25)17(28)23-7-3-5-13(23)18(29)30/h10-13,31H,1-9,19-20H2,(H,21,26)(H,22,27)(H,24,25)(H,29,30). The number of hydrogen-bond donors (Lipinski definition) is 7. The molecule has 0 saturated carbocycles. The highest BCUT2D eigenvalue weighted by Crippen LogP contribution is 2.19. The first-order valence-corrected chi connectivity index (χ1v) is 10.7. The highest BCUT2D eigenvalue weighted by Gasteiger charge is 2.39. The smallest absolute Gasteiger partial charge is 0.326 e. The lowest BCUT2D eigenvalue weighted by atomic mass is 10.1. The molecule has 13 heteroatoms. The first kappa shape index (κ1) is 26.7. The Morgan fingerprint density at radius 3 is 2.26 bits per heavy atom. The average Bonchev–Trinajstić information content (AvgIpc) is 3.21. The van der Waals surface area contributed by atoms with Crippen molar-refractivity contribution in [1.29, 1.82) is 0 Å². The van der Waals surface area contributed by atoms with Crippen molar-refractivity contribution in [3.63, 3.8) is 0 Å². The normalized spacial score (nSPS) is 18.7. The van der Waals surface area contributed by atoms with Crippen LogP contribution in [0.5, 0.6) is 0 Å². The van der Waals surface area contributed by atoms with Gasteiger partial charge >= 0.3 is 11.9 Å². The molecule has 3 amide bonds. The zero-order chi connectivity index (χ0) is 23.6.